The Bertz CT molecular complexity index is 826. The number of hydrogen-bond donors (Lipinski definition) is 3. The van der Waals surface area contributed by atoms with Gasteiger partial charge in [-0.05, 0) is 74.3 Å². The van der Waals surface area contributed by atoms with Gasteiger partial charge >= 0.3 is 0 Å². The van der Waals surface area contributed by atoms with Gasteiger partial charge in [-0.1, -0.05) is 61.6 Å². The summed E-state index contributed by atoms with van der Waals surface area (Å²) in [6.07, 6.45) is 11.9. The Hall–Kier alpha value is -1.60. The van der Waals surface area contributed by atoms with E-state index in [9.17, 15) is 15.3 Å². The smallest absolute Gasteiger partial charge is 0.119 e. The lowest BCUT2D eigenvalue weighted by Crippen LogP contribution is -2.32. The minimum absolute atomic E-state index is 0.168. The lowest BCUT2D eigenvalue weighted by atomic mass is 9.62. The van der Waals surface area contributed by atoms with Crippen molar-refractivity contribution < 1.29 is 15.3 Å². The number of aliphatic hydroxyl groups is 3. The molecule has 0 aliphatic heterocycles. The lowest BCUT2D eigenvalue weighted by Gasteiger charge is -2.42. The van der Waals surface area contributed by atoms with E-state index in [0.717, 1.165) is 30.4 Å². The van der Waals surface area contributed by atoms with Crippen LogP contribution in [-0.2, 0) is 0 Å². The van der Waals surface area contributed by atoms with E-state index >= 15 is 0 Å². The number of hydrogen-bond acceptors (Lipinski definition) is 3. The maximum atomic E-state index is 10.1. The van der Waals surface area contributed by atoms with Crippen molar-refractivity contribution in [3.8, 4) is 11.8 Å². The monoisotopic (exact) mass is 410 g/mol. The van der Waals surface area contributed by atoms with Gasteiger partial charge in [0, 0.05) is 12.8 Å². The average Bonchev–Trinajstić information content (AvgIpc) is 3.00. The molecule has 2 fully saturated rings. The normalized spacial score (nSPS) is 35.6. The zero-order chi connectivity index (χ0) is 22.1. The first-order chi connectivity index (χ1) is 14.0. The van der Waals surface area contributed by atoms with Gasteiger partial charge in [-0.15, -0.1) is 0 Å². The van der Waals surface area contributed by atoms with E-state index in [1.54, 1.807) is 13.8 Å². The highest BCUT2D eigenvalue weighted by atomic mass is 16.3. The molecule has 0 aromatic carbocycles. The van der Waals surface area contributed by atoms with Crippen molar-refractivity contribution in [2.75, 3.05) is 0 Å². The maximum Gasteiger partial charge on any atom is 0.119 e. The van der Waals surface area contributed by atoms with Crippen LogP contribution < -0.4 is 0 Å². The van der Waals surface area contributed by atoms with Gasteiger partial charge in [0.05, 0.1) is 12.2 Å². The molecule has 0 saturated heterocycles. The molecule has 0 aromatic rings. The Kier molecular flexibility index (Phi) is 6.82. The zero-order valence-electron chi connectivity index (χ0n) is 19.0. The molecule has 5 atom stereocenters. The first-order valence-corrected chi connectivity index (χ1v) is 11.4. The largest absolute Gasteiger partial charge is 0.393 e. The van der Waals surface area contributed by atoms with E-state index in [1.807, 2.05) is 0 Å². The molecule has 0 aromatic heterocycles. The maximum absolute atomic E-state index is 10.1. The molecule has 164 valence electrons. The number of aliphatic hydroxyl groups excluding tert-OH is 2. The third kappa shape index (κ3) is 4.99. The molecule has 3 nitrogen and oxygen atoms in total. The van der Waals surface area contributed by atoms with Crippen molar-refractivity contribution in [3.05, 3.63) is 47.1 Å². The van der Waals surface area contributed by atoms with E-state index in [4.69, 9.17) is 0 Å². The number of allylic oxidation sites excluding steroid dienone is 5. The molecule has 0 amide bonds. The van der Waals surface area contributed by atoms with E-state index in [0.29, 0.717) is 24.7 Å². The van der Waals surface area contributed by atoms with Crippen LogP contribution in [0.25, 0.3) is 0 Å². The van der Waals surface area contributed by atoms with Gasteiger partial charge in [0.15, 0.2) is 0 Å². The van der Waals surface area contributed by atoms with Gasteiger partial charge in [0.2, 0.25) is 0 Å². The van der Waals surface area contributed by atoms with Crippen molar-refractivity contribution in [3.63, 3.8) is 0 Å². The molecule has 2 saturated carbocycles. The Morgan fingerprint density at radius 3 is 2.77 bits per heavy atom. The van der Waals surface area contributed by atoms with Crippen LogP contribution in [0.1, 0.15) is 72.6 Å². The first-order valence-electron chi connectivity index (χ1n) is 11.4. The summed E-state index contributed by atoms with van der Waals surface area (Å²) in [5.74, 6) is 7.03. The number of rotatable bonds is 3. The lowest BCUT2D eigenvalue weighted by molar-refractivity contribution is 0.0862. The quantitative estimate of drug-likeness (QED) is 0.460. The van der Waals surface area contributed by atoms with Gasteiger partial charge in [-0.2, -0.15) is 0 Å². The van der Waals surface area contributed by atoms with Crippen LogP contribution in [-0.4, -0.2) is 33.1 Å². The summed E-state index contributed by atoms with van der Waals surface area (Å²) in [6, 6.07) is 0. The van der Waals surface area contributed by atoms with Gasteiger partial charge in [0.1, 0.15) is 5.60 Å². The highest BCUT2D eigenvalue weighted by Gasteiger charge is 2.45. The van der Waals surface area contributed by atoms with E-state index < -0.39 is 17.8 Å². The summed E-state index contributed by atoms with van der Waals surface area (Å²) < 4.78 is 0. The van der Waals surface area contributed by atoms with Crippen LogP contribution in [0.15, 0.2) is 47.1 Å². The fourth-order valence-electron chi connectivity index (χ4n) is 5.61. The predicted molar refractivity (Wildman–Crippen MR) is 123 cm³/mol. The fourth-order valence-corrected chi connectivity index (χ4v) is 5.61. The average molecular weight is 411 g/mol. The predicted octanol–water partition coefficient (Wildman–Crippen LogP) is 4.85. The van der Waals surface area contributed by atoms with Crippen molar-refractivity contribution in [1.82, 2.24) is 0 Å². The van der Waals surface area contributed by atoms with Crippen LogP contribution in [0, 0.1) is 29.1 Å². The molecule has 3 aliphatic rings. The van der Waals surface area contributed by atoms with Crippen LogP contribution in [0.3, 0.4) is 0 Å². The number of fused-ring (bicyclic) bond motifs is 1. The summed E-state index contributed by atoms with van der Waals surface area (Å²) in [5, 5.41) is 30.0. The summed E-state index contributed by atoms with van der Waals surface area (Å²) in [6.45, 7) is 12.1. The van der Waals surface area contributed by atoms with Crippen molar-refractivity contribution in [1.29, 1.82) is 0 Å². The molecule has 0 heterocycles. The molecule has 3 rings (SSSR count). The molecular formula is C27H38O3. The third-order valence-corrected chi connectivity index (χ3v) is 7.21. The zero-order valence-corrected chi connectivity index (χ0v) is 19.0. The van der Waals surface area contributed by atoms with Gasteiger partial charge in [0.25, 0.3) is 0 Å². The third-order valence-electron chi connectivity index (χ3n) is 7.21. The Labute approximate surface area is 182 Å². The highest BCUT2D eigenvalue weighted by Crippen LogP contribution is 2.56. The van der Waals surface area contributed by atoms with Crippen LogP contribution in [0.5, 0.6) is 0 Å². The molecular weight excluding hydrogens is 372 g/mol. The van der Waals surface area contributed by atoms with Gasteiger partial charge in [-0.25, -0.2) is 0 Å². The van der Waals surface area contributed by atoms with Gasteiger partial charge < -0.3 is 15.3 Å². The van der Waals surface area contributed by atoms with Crippen molar-refractivity contribution >= 4 is 0 Å². The summed E-state index contributed by atoms with van der Waals surface area (Å²) in [7, 11) is 0. The molecule has 3 unspecified atom stereocenters. The molecule has 0 bridgehead atoms. The first kappa shape index (κ1) is 23.1. The van der Waals surface area contributed by atoms with Gasteiger partial charge in [-0.3, -0.25) is 0 Å². The topological polar surface area (TPSA) is 60.7 Å². The molecule has 3 heteroatoms. The fraction of sp³-hybridized carbons (Fsp3) is 0.630. The van der Waals surface area contributed by atoms with Crippen LogP contribution >= 0.6 is 0 Å². The Morgan fingerprint density at radius 2 is 2.07 bits per heavy atom. The summed E-state index contributed by atoms with van der Waals surface area (Å²) in [5.41, 5.74) is 3.95. The van der Waals surface area contributed by atoms with E-state index in [-0.39, 0.29) is 5.41 Å². The van der Waals surface area contributed by atoms with Crippen molar-refractivity contribution in [2.24, 2.45) is 17.3 Å². The highest BCUT2D eigenvalue weighted by molar-refractivity contribution is 5.40. The second-order valence-electron chi connectivity index (χ2n) is 10.3. The Morgan fingerprint density at radius 1 is 1.33 bits per heavy atom. The minimum Gasteiger partial charge on any atom is -0.393 e. The van der Waals surface area contributed by atoms with E-state index in [2.05, 4.69) is 50.5 Å². The molecule has 3 aliphatic carbocycles. The Balaban J connectivity index is 1.76. The molecule has 3 N–H and O–H groups in total. The second kappa shape index (κ2) is 8.87. The SMILES string of the molecule is C=C1/C(=C\C=C2/CCC[C@]3(C)C(C(C)CC#CC(C)(C)O)=CCC23)CC(O)C[C@@H]1O. The molecule has 0 spiro atoms. The van der Waals surface area contributed by atoms with Crippen LogP contribution in [0.4, 0.5) is 0 Å². The second-order valence-corrected chi connectivity index (χ2v) is 10.3. The summed E-state index contributed by atoms with van der Waals surface area (Å²) in [4.78, 5) is 0. The molecule has 0 radical (unpaired) electrons. The summed E-state index contributed by atoms with van der Waals surface area (Å²) >= 11 is 0. The van der Waals surface area contributed by atoms with Crippen molar-refractivity contribution in [2.45, 2.75) is 90.4 Å². The van der Waals surface area contributed by atoms with Crippen LogP contribution in [0.2, 0.25) is 0 Å². The standard InChI is InChI=1S/C27H38O3/c1-18(8-6-14-26(3,4)30)23-12-13-24-20(9-7-15-27(23,24)5)10-11-21-16-22(28)17-25(29)19(21)2/h10-12,18,22,24-25,28-30H,2,7-9,13,15-17H2,1,3-5H3/b20-10+,21-11-/t18?,22?,24?,25-,27+/m0/s1. The van der Waals surface area contributed by atoms with E-state index in [1.165, 1.54) is 24.0 Å². The molecule has 30 heavy (non-hydrogen) atoms. The minimum atomic E-state index is -0.936.